The first kappa shape index (κ1) is 7.73. The SMILES string of the molecule is C=CC=N/C=C1/C=CC=CC1. The van der Waals surface area contributed by atoms with Crippen molar-refractivity contribution in [2.24, 2.45) is 4.99 Å². The molecule has 0 aliphatic heterocycles. The summed E-state index contributed by atoms with van der Waals surface area (Å²) in [5, 5.41) is 0. The molecule has 0 saturated heterocycles. The van der Waals surface area contributed by atoms with Gasteiger partial charge in [-0.3, -0.25) is 4.99 Å². The molecule has 0 saturated carbocycles. The summed E-state index contributed by atoms with van der Waals surface area (Å²) in [6.45, 7) is 3.53. The Balaban J connectivity index is 2.53. The van der Waals surface area contributed by atoms with E-state index >= 15 is 0 Å². The van der Waals surface area contributed by atoms with E-state index in [4.69, 9.17) is 0 Å². The summed E-state index contributed by atoms with van der Waals surface area (Å²) in [6.07, 6.45) is 14.4. The lowest BCUT2D eigenvalue weighted by molar-refractivity contribution is 1.24. The third-order valence-electron chi connectivity index (χ3n) is 1.34. The average Bonchev–Trinajstić information content (AvgIpc) is 2.07. The molecule has 0 amide bonds. The van der Waals surface area contributed by atoms with E-state index < -0.39 is 0 Å². The first-order valence-corrected chi connectivity index (χ1v) is 3.60. The maximum Gasteiger partial charge on any atom is 0.0302 e. The third kappa shape index (κ3) is 2.80. The molecule has 0 bridgehead atoms. The fourth-order valence-corrected chi connectivity index (χ4v) is 0.825. The van der Waals surface area contributed by atoms with Crippen LogP contribution in [0.5, 0.6) is 0 Å². The van der Waals surface area contributed by atoms with Crippen LogP contribution in [0.4, 0.5) is 0 Å². The Morgan fingerprint density at radius 3 is 3.00 bits per heavy atom. The molecule has 0 atom stereocenters. The van der Waals surface area contributed by atoms with Crippen molar-refractivity contribution >= 4 is 6.21 Å². The van der Waals surface area contributed by atoms with Gasteiger partial charge in [0.25, 0.3) is 0 Å². The standard InChI is InChI=1S/C10H11N/c1-2-8-11-9-10-6-4-3-5-7-10/h2-6,8-9H,1,7H2/b10-9-,11-8?. The topological polar surface area (TPSA) is 12.4 Å². The quantitative estimate of drug-likeness (QED) is 0.530. The summed E-state index contributed by atoms with van der Waals surface area (Å²) in [4.78, 5) is 4.02. The van der Waals surface area contributed by atoms with E-state index in [9.17, 15) is 0 Å². The predicted molar refractivity (Wildman–Crippen MR) is 49.7 cm³/mol. The highest BCUT2D eigenvalue weighted by Crippen LogP contribution is 2.09. The van der Waals surface area contributed by atoms with Gasteiger partial charge in [0.15, 0.2) is 0 Å². The first-order valence-electron chi connectivity index (χ1n) is 3.60. The zero-order valence-electron chi connectivity index (χ0n) is 6.40. The van der Waals surface area contributed by atoms with E-state index in [1.54, 1.807) is 12.3 Å². The number of aliphatic imine (C=N–C) groups is 1. The summed E-state index contributed by atoms with van der Waals surface area (Å²) in [5.41, 5.74) is 1.23. The van der Waals surface area contributed by atoms with Crippen LogP contribution in [0, 0.1) is 0 Å². The van der Waals surface area contributed by atoms with Gasteiger partial charge in [-0.15, -0.1) is 0 Å². The molecular formula is C10H11N. The molecule has 0 aromatic heterocycles. The monoisotopic (exact) mass is 145 g/mol. The maximum atomic E-state index is 4.02. The highest BCUT2D eigenvalue weighted by atomic mass is 14.7. The van der Waals surface area contributed by atoms with Crippen molar-refractivity contribution in [1.29, 1.82) is 0 Å². The van der Waals surface area contributed by atoms with E-state index in [1.165, 1.54) is 5.57 Å². The molecule has 0 fully saturated rings. The van der Waals surface area contributed by atoms with E-state index in [0.29, 0.717) is 0 Å². The summed E-state index contributed by atoms with van der Waals surface area (Å²) < 4.78 is 0. The third-order valence-corrected chi connectivity index (χ3v) is 1.34. The van der Waals surface area contributed by atoms with E-state index in [-0.39, 0.29) is 0 Å². The van der Waals surface area contributed by atoms with Crippen molar-refractivity contribution in [3.8, 4) is 0 Å². The Bertz CT molecular complexity index is 242. The van der Waals surface area contributed by atoms with Gasteiger partial charge in [0.05, 0.1) is 0 Å². The molecule has 0 unspecified atom stereocenters. The van der Waals surface area contributed by atoms with Crippen LogP contribution in [0.25, 0.3) is 0 Å². The lowest BCUT2D eigenvalue weighted by Gasteiger charge is -1.97. The van der Waals surface area contributed by atoms with Crippen LogP contribution in [0.2, 0.25) is 0 Å². The van der Waals surface area contributed by atoms with Crippen LogP contribution in [0.15, 0.2) is 53.7 Å². The second-order valence-corrected chi connectivity index (χ2v) is 2.23. The van der Waals surface area contributed by atoms with Crippen molar-refractivity contribution in [1.82, 2.24) is 0 Å². The molecule has 1 nitrogen and oxygen atoms in total. The van der Waals surface area contributed by atoms with Gasteiger partial charge in [0, 0.05) is 12.4 Å². The molecule has 0 aromatic rings. The van der Waals surface area contributed by atoms with Crippen LogP contribution in [0.1, 0.15) is 6.42 Å². The van der Waals surface area contributed by atoms with E-state index in [0.717, 1.165) is 6.42 Å². The minimum absolute atomic E-state index is 0.977. The summed E-state index contributed by atoms with van der Waals surface area (Å²) in [6, 6.07) is 0. The van der Waals surface area contributed by atoms with Crippen molar-refractivity contribution in [2.75, 3.05) is 0 Å². The van der Waals surface area contributed by atoms with Gasteiger partial charge in [0.1, 0.15) is 0 Å². The molecule has 0 spiro atoms. The number of nitrogens with zero attached hydrogens (tertiary/aromatic N) is 1. The molecular weight excluding hydrogens is 134 g/mol. The molecule has 56 valence electrons. The number of hydrogen-bond donors (Lipinski definition) is 0. The molecule has 0 heterocycles. The summed E-state index contributed by atoms with van der Waals surface area (Å²) in [7, 11) is 0. The molecule has 11 heavy (non-hydrogen) atoms. The van der Waals surface area contributed by atoms with Gasteiger partial charge in [0.2, 0.25) is 0 Å². The minimum Gasteiger partial charge on any atom is -0.264 e. The van der Waals surface area contributed by atoms with Gasteiger partial charge in [-0.25, -0.2) is 0 Å². The lowest BCUT2D eigenvalue weighted by Crippen LogP contribution is -1.78. The van der Waals surface area contributed by atoms with Gasteiger partial charge >= 0.3 is 0 Å². The molecule has 1 heteroatoms. The van der Waals surface area contributed by atoms with Gasteiger partial charge in [-0.1, -0.05) is 37.0 Å². The van der Waals surface area contributed by atoms with E-state index in [1.807, 2.05) is 18.4 Å². The lowest BCUT2D eigenvalue weighted by atomic mass is 10.1. The average molecular weight is 145 g/mol. The molecule has 1 rings (SSSR count). The fourth-order valence-electron chi connectivity index (χ4n) is 0.825. The highest BCUT2D eigenvalue weighted by Gasteiger charge is 1.90. The molecule has 1 aliphatic carbocycles. The molecule has 1 aliphatic rings. The second kappa shape index (κ2) is 4.45. The predicted octanol–water partition coefficient (Wildman–Crippen LogP) is 2.64. The van der Waals surface area contributed by atoms with Crippen molar-refractivity contribution in [3.05, 3.63) is 48.7 Å². The van der Waals surface area contributed by atoms with Crippen LogP contribution >= 0.6 is 0 Å². The zero-order chi connectivity index (χ0) is 7.94. The van der Waals surface area contributed by atoms with Gasteiger partial charge < -0.3 is 0 Å². The summed E-state index contributed by atoms with van der Waals surface area (Å²) in [5.74, 6) is 0. The first-order chi connectivity index (χ1) is 5.43. The van der Waals surface area contributed by atoms with Crippen molar-refractivity contribution in [3.63, 3.8) is 0 Å². The van der Waals surface area contributed by atoms with Crippen LogP contribution in [-0.2, 0) is 0 Å². The van der Waals surface area contributed by atoms with Crippen LogP contribution in [0.3, 0.4) is 0 Å². The highest BCUT2D eigenvalue weighted by molar-refractivity contribution is 5.70. The number of rotatable bonds is 2. The second-order valence-electron chi connectivity index (χ2n) is 2.23. The van der Waals surface area contributed by atoms with Crippen molar-refractivity contribution < 1.29 is 0 Å². The Kier molecular flexibility index (Phi) is 3.13. The smallest absolute Gasteiger partial charge is 0.0302 e. The van der Waals surface area contributed by atoms with E-state index in [2.05, 4.69) is 23.7 Å². The normalized spacial score (nSPS) is 19.8. The number of allylic oxidation sites excluding steroid dienone is 6. The van der Waals surface area contributed by atoms with Crippen molar-refractivity contribution in [2.45, 2.75) is 6.42 Å². The minimum atomic E-state index is 0.977. The Morgan fingerprint density at radius 2 is 2.36 bits per heavy atom. The summed E-state index contributed by atoms with van der Waals surface area (Å²) >= 11 is 0. The Morgan fingerprint density at radius 1 is 1.45 bits per heavy atom. The maximum absolute atomic E-state index is 4.02. The van der Waals surface area contributed by atoms with Gasteiger partial charge in [-0.2, -0.15) is 0 Å². The largest absolute Gasteiger partial charge is 0.264 e. The van der Waals surface area contributed by atoms with Crippen LogP contribution in [-0.4, -0.2) is 6.21 Å². The van der Waals surface area contributed by atoms with Gasteiger partial charge in [-0.05, 0) is 12.0 Å². The Labute approximate surface area is 67.2 Å². The molecule has 0 N–H and O–H groups in total. The van der Waals surface area contributed by atoms with Crippen LogP contribution < -0.4 is 0 Å². The zero-order valence-corrected chi connectivity index (χ0v) is 6.40. The molecule has 0 aromatic carbocycles. The fraction of sp³-hybridized carbons (Fsp3) is 0.100. The Hall–Kier alpha value is -1.37. The molecule has 0 radical (unpaired) electrons. The number of hydrogen-bond acceptors (Lipinski definition) is 1.